The predicted molar refractivity (Wildman–Crippen MR) is 151 cm³/mol. The maximum absolute atomic E-state index is 13.6. The van der Waals surface area contributed by atoms with Crippen molar-refractivity contribution in [3.05, 3.63) is 111 Å². The van der Waals surface area contributed by atoms with Crippen LogP contribution in [0, 0.1) is 0 Å². The minimum Gasteiger partial charge on any atom is -0.478 e. The van der Waals surface area contributed by atoms with Crippen molar-refractivity contribution in [2.45, 2.75) is 26.3 Å². The number of nitrogens with one attached hydrogen (secondary N) is 1. The number of carbonyl (C=O) groups is 3. The summed E-state index contributed by atoms with van der Waals surface area (Å²) in [5.74, 6) is -1.80. The third-order valence-electron chi connectivity index (χ3n) is 6.12. The summed E-state index contributed by atoms with van der Waals surface area (Å²) in [7, 11) is 0. The molecule has 1 atom stereocenters. The lowest BCUT2D eigenvalue weighted by Crippen LogP contribution is -2.36. The molecule has 0 aliphatic carbocycles. The zero-order valence-electron chi connectivity index (χ0n) is 21.8. The molecule has 4 aromatic rings. The summed E-state index contributed by atoms with van der Waals surface area (Å²) >= 11 is 6.22. The van der Waals surface area contributed by atoms with Gasteiger partial charge in [0.05, 0.1) is 17.7 Å². The van der Waals surface area contributed by atoms with Gasteiger partial charge in [0.25, 0.3) is 5.56 Å². The number of hydrogen-bond acceptors (Lipinski definition) is 6. The summed E-state index contributed by atoms with van der Waals surface area (Å²) < 4.78 is 6.84. The number of carboxylic acid groups (broad SMARTS) is 1. The predicted octanol–water partition coefficient (Wildman–Crippen LogP) is 5.29. The number of carboxylic acids is 1. The molecule has 1 amide bonds. The highest BCUT2D eigenvalue weighted by Gasteiger charge is 2.26. The lowest BCUT2D eigenvalue weighted by Gasteiger charge is -2.21. The first-order chi connectivity index (χ1) is 19.2. The van der Waals surface area contributed by atoms with Gasteiger partial charge in [0.1, 0.15) is 6.04 Å². The molecule has 0 saturated carbocycles. The number of Topliss-reactive ketones (excluding diaryl/α,β-unsaturated/α-hetero) is 1. The maximum atomic E-state index is 13.6. The second kappa shape index (κ2) is 12.4. The van der Waals surface area contributed by atoms with E-state index in [0.29, 0.717) is 21.8 Å². The number of ether oxygens (including phenoxy) is 1. The van der Waals surface area contributed by atoms with E-state index in [-0.39, 0.29) is 35.8 Å². The Labute approximate surface area is 235 Å². The Morgan fingerprint density at radius 1 is 1.00 bits per heavy atom. The summed E-state index contributed by atoms with van der Waals surface area (Å²) in [6.45, 7) is 3.37. The first kappa shape index (κ1) is 28.3. The second-order valence-electron chi connectivity index (χ2n) is 8.90. The van der Waals surface area contributed by atoms with Gasteiger partial charge in [-0.2, -0.15) is 0 Å². The summed E-state index contributed by atoms with van der Waals surface area (Å²) in [5, 5.41) is 16.7. The van der Waals surface area contributed by atoms with Crippen LogP contribution in [0.4, 0.5) is 5.69 Å². The van der Waals surface area contributed by atoms with E-state index in [1.807, 2.05) is 30.3 Å². The van der Waals surface area contributed by atoms with Crippen LogP contribution in [0.5, 0.6) is 5.88 Å². The van der Waals surface area contributed by atoms with Crippen molar-refractivity contribution in [3.8, 4) is 17.0 Å². The number of amides is 1. The van der Waals surface area contributed by atoms with E-state index in [9.17, 15) is 19.2 Å². The fourth-order valence-electron chi connectivity index (χ4n) is 4.21. The second-order valence-corrected chi connectivity index (χ2v) is 9.34. The Morgan fingerprint density at radius 3 is 2.33 bits per heavy atom. The molecule has 10 heteroatoms. The fraction of sp³-hybridized carbons (Fsp3) is 0.167. The molecule has 2 N–H and O–H groups in total. The van der Waals surface area contributed by atoms with E-state index >= 15 is 0 Å². The maximum Gasteiger partial charge on any atom is 0.335 e. The average molecular weight is 560 g/mol. The molecule has 0 saturated heterocycles. The molecule has 0 aliphatic rings. The summed E-state index contributed by atoms with van der Waals surface area (Å²) in [4.78, 5) is 50.6. The third kappa shape index (κ3) is 6.44. The molecule has 1 heterocycles. The molecular weight excluding hydrogens is 534 g/mol. The van der Waals surface area contributed by atoms with Crippen LogP contribution in [0.1, 0.15) is 46.2 Å². The van der Waals surface area contributed by atoms with Gasteiger partial charge in [0.2, 0.25) is 11.8 Å². The van der Waals surface area contributed by atoms with Gasteiger partial charge in [0, 0.05) is 28.8 Å². The van der Waals surface area contributed by atoms with Crippen LogP contribution in [0.15, 0.2) is 83.7 Å². The van der Waals surface area contributed by atoms with Gasteiger partial charge in [-0.05, 0) is 67.4 Å². The van der Waals surface area contributed by atoms with Gasteiger partial charge >= 0.3 is 5.97 Å². The minimum atomic E-state index is -1.09. The zero-order valence-corrected chi connectivity index (χ0v) is 22.5. The highest BCUT2D eigenvalue weighted by molar-refractivity contribution is 6.31. The number of hydrogen-bond donors (Lipinski definition) is 2. The lowest BCUT2D eigenvalue weighted by atomic mass is 9.98. The number of benzene rings is 3. The first-order valence-electron chi connectivity index (χ1n) is 12.4. The van der Waals surface area contributed by atoms with Crippen LogP contribution in [-0.2, 0) is 11.2 Å². The van der Waals surface area contributed by atoms with E-state index in [2.05, 4.69) is 10.4 Å². The van der Waals surface area contributed by atoms with Gasteiger partial charge in [-0.1, -0.05) is 41.9 Å². The third-order valence-corrected chi connectivity index (χ3v) is 6.36. The number of rotatable bonds is 10. The molecule has 4 rings (SSSR count). The Balaban J connectivity index is 1.81. The first-order valence-corrected chi connectivity index (χ1v) is 12.8. The van der Waals surface area contributed by atoms with E-state index in [0.717, 1.165) is 10.2 Å². The molecule has 1 aromatic heterocycles. The normalized spacial score (nSPS) is 11.5. The lowest BCUT2D eigenvalue weighted by molar-refractivity contribution is -0.119. The van der Waals surface area contributed by atoms with Crippen LogP contribution in [0.3, 0.4) is 0 Å². The number of aromatic nitrogens is 2. The Bertz CT molecular complexity index is 1620. The molecule has 0 unspecified atom stereocenters. The standard InChI is InChI=1S/C30H26ClN3O6/c1-3-40-29-25(24-16-21(31)11-14-23(24)18(2)35)17-27(36)34(33-29)26(15-19-7-5-4-6-8-19)28(37)32-22-12-9-20(10-13-22)30(38)39/h4-14,16-17,26H,3,15H2,1-2H3,(H,32,37)(H,38,39)/t26-/m0/s1. The number of carbonyl (C=O) groups excluding carboxylic acids is 2. The topological polar surface area (TPSA) is 128 Å². The van der Waals surface area contributed by atoms with Crippen LogP contribution >= 0.6 is 11.6 Å². The monoisotopic (exact) mass is 559 g/mol. The highest BCUT2D eigenvalue weighted by Crippen LogP contribution is 2.33. The van der Waals surface area contributed by atoms with Crippen molar-refractivity contribution in [1.82, 2.24) is 9.78 Å². The largest absolute Gasteiger partial charge is 0.478 e. The van der Waals surface area contributed by atoms with Crippen molar-refractivity contribution in [3.63, 3.8) is 0 Å². The number of nitrogens with zero attached hydrogens (tertiary/aromatic N) is 2. The highest BCUT2D eigenvalue weighted by atomic mass is 35.5. The van der Waals surface area contributed by atoms with Crippen molar-refractivity contribution < 1.29 is 24.2 Å². The van der Waals surface area contributed by atoms with Gasteiger partial charge in [0.15, 0.2) is 5.78 Å². The smallest absolute Gasteiger partial charge is 0.335 e. The molecule has 40 heavy (non-hydrogen) atoms. The van der Waals surface area contributed by atoms with Crippen molar-refractivity contribution >= 4 is 34.9 Å². The Hall–Kier alpha value is -4.76. The zero-order chi connectivity index (χ0) is 28.8. The van der Waals surface area contributed by atoms with Gasteiger partial charge in [-0.3, -0.25) is 14.4 Å². The quantitative estimate of drug-likeness (QED) is 0.253. The molecule has 204 valence electrons. The summed E-state index contributed by atoms with van der Waals surface area (Å²) in [5.41, 5.74) is 1.63. The Kier molecular flexibility index (Phi) is 8.76. The summed E-state index contributed by atoms with van der Waals surface area (Å²) in [6.07, 6.45) is 0.133. The minimum absolute atomic E-state index is 0.0588. The molecule has 0 aliphatic heterocycles. The fourth-order valence-corrected chi connectivity index (χ4v) is 4.38. The van der Waals surface area contributed by atoms with Gasteiger partial charge in [-0.15, -0.1) is 5.10 Å². The van der Waals surface area contributed by atoms with E-state index in [1.54, 1.807) is 25.1 Å². The molecule has 0 radical (unpaired) electrons. The van der Waals surface area contributed by atoms with Crippen LogP contribution in [0.2, 0.25) is 5.02 Å². The number of ketones is 1. The van der Waals surface area contributed by atoms with Crippen molar-refractivity contribution in [2.24, 2.45) is 0 Å². The molecule has 0 spiro atoms. The van der Waals surface area contributed by atoms with Gasteiger partial charge in [-0.25, -0.2) is 9.48 Å². The molecule has 9 nitrogen and oxygen atoms in total. The van der Waals surface area contributed by atoms with E-state index in [1.165, 1.54) is 37.3 Å². The molecule has 0 bridgehead atoms. The molecular formula is C30H26ClN3O6. The van der Waals surface area contributed by atoms with Gasteiger partial charge < -0.3 is 15.2 Å². The number of aromatic carboxylic acids is 1. The average Bonchev–Trinajstić information content (AvgIpc) is 2.93. The number of halogens is 1. The van der Waals surface area contributed by atoms with Crippen LogP contribution in [0.25, 0.3) is 11.1 Å². The SMILES string of the molecule is CCOc1nn([C@@H](Cc2ccccc2)C(=O)Nc2ccc(C(=O)O)cc2)c(=O)cc1-c1cc(Cl)ccc1C(C)=O. The Morgan fingerprint density at radius 2 is 1.70 bits per heavy atom. The van der Waals surface area contributed by atoms with E-state index < -0.39 is 23.5 Å². The van der Waals surface area contributed by atoms with Crippen LogP contribution in [-0.4, -0.2) is 39.2 Å². The van der Waals surface area contributed by atoms with Crippen molar-refractivity contribution in [2.75, 3.05) is 11.9 Å². The molecule has 3 aromatic carbocycles. The number of anilines is 1. The van der Waals surface area contributed by atoms with Crippen molar-refractivity contribution in [1.29, 1.82) is 0 Å². The van der Waals surface area contributed by atoms with E-state index in [4.69, 9.17) is 21.4 Å². The molecule has 0 fully saturated rings. The summed E-state index contributed by atoms with van der Waals surface area (Å²) in [6, 6.07) is 19.7. The van der Waals surface area contributed by atoms with Crippen LogP contribution < -0.4 is 15.6 Å².